The number of hydrogen-bond donors (Lipinski definition) is 2. The molecule has 2 amide bonds. The van der Waals surface area contributed by atoms with Gasteiger partial charge in [0.1, 0.15) is 6.04 Å². The van der Waals surface area contributed by atoms with Crippen molar-refractivity contribution in [2.75, 3.05) is 0 Å². The molecule has 2 aromatic carbocycles. The summed E-state index contributed by atoms with van der Waals surface area (Å²) in [6, 6.07) is 9.30. The van der Waals surface area contributed by atoms with E-state index >= 15 is 0 Å². The second-order valence-electron chi connectivity index (χ2n) is 5.33. The summed E-state index contributed by atoms with van der Waals surface area (Å²) in [5.74, 6) is -1.44. The molecule has 0 aliphatic heterocycles. The molecule has 0 aromatic heterocycles. The van der Waals surface area contributed by atoms with Gasteiger partial charge in [0, 0.05) is 17.0 Å². The third-order valence-corrected chi connectivity index (χ3v) is 3.73. The largest absolute Gasteiger partial charge is 0.416 e. The van der Waals surface area contributed by atoms with Crippen LogP contribution in [0.25, 0.3) is 0 Å². The van der Waals surface area contributed by atoms with Crippen molar-refractivity contribution in [1.82, 2.24) is 5.32 Å². The first kappa shape index (κ1) is 18.8. The van der Waals surface area contributed by atoms with E-state index in [-0.39, 0.29) is 12.0 Å². The fourth-order valence-corrected chi connectivity index (χ4v) is 2.26. The number of halogens is 4. The lowest BCUT2D eigenvalue weighted by Gasteiger charge is -2.16. The zero-order chi connectivity index (χ0) is 18.6. The van der Waals surface area contributed by atoms with Gasteiger partial charge in [-0.15, -0.1) is 0 Å². The summed E-state index contributed by atoms with van der Waals surface area (Å²) in [5, 5.41) is 2.95. The first-order valence-electron chi connectivity index (χ1n) is 7.18. The lowest BCUT2D eigenvalue weighted by atomic mass is 10.0. The molecule has 8 heteroatoms. The molecule has 0 spiro atoms. The molecule has 2 aromatic rings. The molecule has 0 radical (unpaired) electrons. The molecule has 2 rings (SSSR count). The first-order chi connectivity index (χ1) is 11.7. The third kappa shape index (κ3) is 5.22. The van der Waals surface area contributed by atoms with Crippen molar-refractivity contribution in [3.8, 4) is 0 Å². The summed E-state index contributed by atoms with van der Waals surface area (Å²) in [7, 11) is 0. The summed E-state index contributed by atoms with van der Waals surface area (Å²) in [6.07, 6.45) is -4.35. The minimum absolute atomic E-state index is 0.00430. The van der Waals surface area contributed by atoms with Crippen LogP contribution in [0.4, 0.5) is 13.2 Å². The van der Waals surface area contributed by atoms with Crippen LogP contribution in [0.3, 0.4) is 0 Å². The fraction of sp³-hybridized carbons (Fsp3) is 0.176. The molecule has 0 fully saturated rings. The Kier molecular flexibility index (Phi) is 5.69. The van der Waals surface area contributed by atoms with Crippen molar-refractivity contribution in [2.45, 2.75) is 18.6 Å². The highest BCUT2D eigenvalue weighted by molar-refractivity contribution is 6.30. The van der Waals surface area contributed by atoms with E-state index < -0.39 is 29.6 Å². The Morgan fingerprint density at radius 3 is 2.08 bits per heavy atom. The fourth-order valence-electron chi connectivity index (χ4n) is 2.13. The first-order valence-corrected chi connectivity index (χ1v) is 7.56. The summed E-state index contributed by atoms with van der Waals surface area (Å²) >= 11 is 5.78. The minimum atomic E-state index is -4.49. The molecule has 0 unspecified atom stereocenters. The Morgan fingerprint density at radius 2 is 1.60 bits per heavy atom. The van der Waals surface area contributed by atoms with Gasteiger partial charge in [0.15, 0.2) is 0 Å². The number of carbonyl (C=O) groups is 2. The van der Waals surface area contributed by atoms with Crippen molar-refractivity contribution in [2.24, 2.45) is 5.73 Å². The summed E-state index contributed by atoms with van der Waals surface area (Å²) in [4.78, 5) is 23.7. The van der Waals surface area contributed by atoms with E-state index in [9.17, 15) is 22.8 Å². The van der Waals surface area contributed by atoms with Crippen LogP contribution in [0.2, 0.25) is 5.02 Å². The molecular formula is C17H14ClF3N2O2. The maximum Gasteiger partial charge on any atom is 0.416 e. The van der Waals surface area contributed by atoms with E-state index in [1.165, 1.54) is 0 Å². The Bertz CT molecular complexity index is 759. The number of amides is 2. The number of primary amides is 1. The summed E-state index contributed by atoms with van der Waals surface area (Å²) in [6.45, 7) is 0. The normalized spacial score (nSPS) is 12.5. The van der Waals surface area contributed by atoms with Crippen LogP contribution in [0.1, 0.15) is 21.5 Å². The van der Waals surface area contributed by atoms with E-state index in [4.69, 9.17) is 17.3 Å². The molecule has 25 heavy (non-hydrogen) atoms. The highest BCUT2D eigenvalue weighted by Crippen LogP contribution is 2.29. The topological polar surface area (TPSA) is 72.2 Å². The molecular weight excluding hydrogens is 357 g/mol. The predicted octanol–water partition coefficient (Wildman–Crippen LogP) is 3.19. The van der Waals surface area contributed by atoms with E-state index in [0.29, 0.717) is 5.02 Å². The number of hydrogen-bond acceptors (Lipinski definition) is 2. The van der Waals surface area contributed by atoms with Crippen molar-refractivity contribution in [3.05, 3.63) is 70.2 Å². The van der Waals surface area contributed by atoms with Gasteiger partial charge < -0.3 is 11.1 Å². The molecule has 1 atom stereocenters. The lowest BCUT2D eigenvalue weighted by molar-refractivity contribution is -0.137. The van der Waals surface area contributed by atoms with Gasteiger partial charge in [0.2, 0.25) is 5.91 Å². The molecule has 0 saturated carbocycles. The quantitative estimate of drug-likeness (QED) is 0.848. The maximum absolute atomic E-state index is 12.5. The Morgan fingerprint density at radius 1 is 1.04 bits per heavy atom. The second-order valence-corrected chi connectivity index (χ2v) is 5.77. The number of alkyl halides is 3. The number of nitrogens with one attached hydrogen (secondary N) is 1. The number of nitrogens with two attached hydrogens (primary N) is 1. The number of carbonyl (C=O) groups excluding carboxylic acids is 2. The average molecular weight is 371 g/mol. The maximum atomic E-state index is 12.5. The molecule has 0 saturated heterocycles. The van der Waals surface area contributed by atoms with Gasteiger partial charge in [0.25, 0.3) is 5.91 Å². The molecule has 0 bridgehead atoms. The Labute approximate surface area is 146 Å². The van der Waals surface area contributed by atoms with Crippen molar-refractivity contribution >= 4 is 23.4 Å². The van der Waals surface area contributed by atoms with E-state index in [2.05, 4.69) is 5.32 Å². The van der Waals surface area contributed by atoms with E-state index in [1.54, 1.807) is 24.3 Å². The molecule has 4 nitrogen and oxygen atoms in total. The third-order valence-electron chi connectivity index (χ3n) is 3.48. The standard InChI is InChI=1S/C17H14ClF3N2O2/c18-13-7-1-10(2-8-13)9-14(15(22)24)23-16(25)11-3-5-12(6-4-11)17(19,20)21/h1-8,14H,9H2,(H2,22,24)(H,23,25)/t14-/m1/s1. The van der Waals surface area contributed by atoms with Gasteiger partial charge in [-0.1, -0.05) is 23.7 Å². The monoisotopic (exact) mass is 370 g/mol. The Balaban J connectivity index is 2.09. The van der Waals surface area contributed by atoms with Crippen LogP contribution in [-0.4, -0.2) is 17.9 Å². The highest BCUT2D eigenvalue weighted by atomic mass is 35.5. The minimum Gasteiger partial charge on any atom is -0.368 e. The Hall–Kier alpha value is -2.54. The van der Waals surface area contributed by atoms with Gasteiger partial charge in [-0.05, 0) is 42.0 Å². The van der Waals surface area contributed by atoms with Gasteiger partial charge >= 0.3 is 6.18 Å². The van der Waals surface area contributed by atoms with Crippen LogP contribution in [0, 0.1) is 0 Å². The van der Waals surface area contributed by atoms with E-state index in [0.717, 1.165) is 29.8 Å². The molecule has 0 heterocycles. The summed E-state index contributed by atoms with van der Waals surface area (Å²) < 4.78 is 37.6. The van der Waals surface area contributed by atoms with Gasteiger partial charge in [0.05, 0.1) is 5.56 Å². The predicted molar refractivity (Wildman–Crippen MR) is 87.0 cm³/mol. The molecule has 132 valence electrons. The van der Waals surface area contributed by atoms with Crippen LogP contribution >= 0.6 is 11.6 Å². The van der Waals surface area contributed by atoms with Crippen LogP contribution < -0.4 is 11.1 Å². The number of rotatable bonds is 5. The zero-order valence-electron chi connectivity index (χ0n) is 12.8. The van der Waals surface area contributed by atoms with Gasteiger partial charge in [-0.25, -0.2) is 0 Å². The van der Waals surface area contributed by atoms with Crippen LogP contribution in [0.5, 0.6) is 0 Å². The van der Waals surface area contributed by atoms with Crippen molar-refractivity contribution < 1.29 is 22.8 Å². The number of benzene rings is 2. The molecule has 0 aliphatic carbocycles. The SMILES string of the molecule is NC(=O)[C@@H](Cc1ccc(Cl)cc1)NC(=O)c1ccc(C(F)(F)F)cc1. The van der Waals surface area contributed by atoms with Crippen molar-refractivity contribution in [3.63, 3.8) is 0 Å². The van der Waals surface area contributed by atoms with Gasteiger partial charge in [-0.2, -0.15) is 13.2 Å². The van der Waals surface area contributed by atoms with E-state index in [1.807, 2.05) is 0 Å². The second kappa shape index (κ2) is 7.57. The lowest BCUT2D eigenvalue weighted by Crippen LogP contribution is -2.45. The average Bonchev–Trinajstić information content (AvgIpc) is 2.55. The summed E-state index contributed by atoms with van der Waals surface area (Å²) in [5.41, 5.74) is 5.15. The smallest absolute Gasteiger partial charge is 0.368 e. The van der Waals surface area contributed by atoms with Gasteiger partial charge in [-0.3, -0.25) is 9.59 Å². The molecule has 0 aliphatic rings. The molecule has 3 N–H and O–H groups in total. The highest BCUT2D eigenvalue weighted by Gasteiger charge is 2.30. The van der Waals surface area contributed by atoms with Crippen LogP contribution in [-0.2, 0) is 17.4 Å². The zero-order valence-corrected chi connectivity index (χ0v) is 13.6. The van der Waals surface area contributed by atoms with Crippen molar-refractivity contribution in [1.29, 1.82) is 0 Å². The van der Waals surface area contributed by atoms with Crippen LogP contribution in [0.15, 0.2) is 48.5 Å².